The molecule has 2 rings (SSSR count). The van der Waals surface area contributed by atoms with Crippen molar-refractivity contribution >= 4 is 16.9 Å². The van der Waals surface area contributed by atoms with Gasteiger partial charge in [0.15, 0.2) is 0 Å². The zero-order valence-electron chi connectivity index (χ0n) is 8.88. The van der Waals surface area contributed by atoms with E-state index in [9.17, 15) is 5.11 Å². The van der Waals surface area contributed by atoms with Gasteiger partial charge in [0.1, 0.15) is 17.8 Å². The van der Waals surface area contributed by atoms with E-state index in [1.54, 1.807) is 13.1 Å². The zero-order valence-corrected chi connectivity index (χ0v) is 8.88. The van der Waals surface area contributed by atoms with Crippen molar-refractivity contribution in [1.82, 2.24) is 15.0 Å². The van der Waals surface area contributed by atoms with Crippen molar-refractivity contribution in [3.8, 4) is 0 Å². The second-order valence-corrected chi connectivity index (χ2v) is 3.64. The monoisotopic (exact) mass is 222 g/mol. The summed E-state index contributed by atoms with van der Waals surface area (Å²) >= 11 is 0. The first-order valence-electron chi connectivity index (χ1n) is 5.06. The van der Waals surface area contributed by atoms with Gasteiger partial charge in [-0.3, -0.25) is 0 Å². The summed E-state index contributed by atoms with van der Waals surface area (Å²) in [6.45, 7) is 1.46. The zero-order chi connectivity index (χ0) is 11.5. The van der Waals surface area contributed by atoms with Crippen LogP contribution >= 0.6 is 0 Å². The largest absolute Gasteiger partial charge is 0.394 e. The van der Waals surface area contributed by atoms with Gasteiger partial charge in [-0.25, -0.2) is 9.97 Å². The van der Waals surface area contributed by atoms with Crippen molar-refractivity contribution in [2.45, 2.75) is 19.1 Å². The molecule has 0 saturated carbocycles. The van der Waals surface area contributed by atoms with Crippen molar-refractivity contribution in [3.05, 3.63) is 18.6 Å². The second kappa shape index (κ2) is 4.46. The van der Waals surface area contributed by atoms with Crippen LogP contribution in [-0.4, -0.2) is 43.9 Å². The van der Waals surface area contributed by atoms with E-state index < -0.39 is 12.1 Å². The topological polar surface area (TPSA) is 94.1 Å². The number of fused-ring (bicyclic) bond motifs is 1. The number of aliphatic hydroxyl groups is 2. The van der Waals surface area contributed by atoms with Gasteiger partial charge < -0.3 is 20.5 Å². The van der Waals surface area contributed by atoms with Crippen LogP contribution in [0.4, 0.5) is 5.82 Å². The summed E-state index contributed by atoms with van der Waals surface area (Å²) in [5, 5.41) is 22.4. The molecule has 0 unspecified atom stereocenters. The number of hydrogen-bond donors (Lipinski definition) is 4. The number of aromatic nitrogens is 3. The van der Waals surface area contributed by atoms with Crippen LogP contribution in [0.15, 0.2) is 18.6 Å². The first-order valence-corrected chi connectivity index (χ1v) is 5.06. The maximum absolute atomic E-state index is 9.42. The molecule has 0 aliphatic carbocycles. The lowest BCUT2D eigenvalue weighted by molar-refractivity contribution is 0.132. The molecule has 0 radical (unpaired) electrons. The minimum Gasteiger partial charge on any atom is -0.394 e. The number of aromatic amines is 1. The van der Waals surface area contributed by atoms with Gasteiger partial charge in [-0.1, -0.05) is 0 Å². The van der Waals surface area contributed by atoms with Crippen molar-refractivity contribution in [2.24, 2.45) is 0 Å². The fourth-order valence-corrected chi connectivity index (χ4v) is 1.48. The molecule has 6 heteroatoms. The SMILES string of the molecule is C[C@@H](O)[C@H](CO)Nc1ncnc2[nH]ccc12. The normalized spacial score (nSPS) is 14.9. The molecular formula is C10H14N4O2. The molecule has 0 aliphatic rings. The third-order valence-corrected chi connectivity index (χ3v) is 2.46. The van der Waals surface area contributed by atoms with Gasteiger partial charge in [0.25, 0.3) is 0 Å². The fraction of sp³-hybridized carbons (Fsp3) is 0.400. The standard InChI is InChI=1S/C10H14N4O2/c1-6(16)8(4-15)14-10-7-2-3-11-9(7)12-5-13-10/h2-3,5-6,8,15-16H,4H2,1H3,(H2,11,12,13,14)/t6-,8+/m1/s1. The smallest absolute Gasteiger partial charge is 0.142 e. The summed E-state index contributed by atoms with van der Waals surface area (Å²) in [6.07, 6.45) is 2.53. The number of anilines is 1. The molecule has 0 bridgehead atoms. The van der Waals surface area contributed by atoms with Gasteiger partial charge in [0.05, 0.1) is 24.1 Å². The van der Waals surface area contributed by atoms with Crippen LogP contribution in [0.3, 0.4) is 0 Å². The number of aliphatic hydroxyl groups excluding tert-OH is 2. The number of nitrogens with one attached hydrogen (secondary N) is 2. The van der Waals surface area contributed by atoms with E-state index in [1.807, 2.05) is 6.07 Å². The molecule has 0 spiro atoms. The summed E-state index contributed by atoms with van der Waals surface area (Å²) in [4.78, 5) is 11.1. The van der Waals surface area contributed by atoms with Crippen LogP contribution in [0.5, 0.6) is 0 Å². The first kappa shape index (κ1) is 10.8. The Balaban J connectivity index is 2.29. The number of hydrogen-bond acceptors (Lipinski definition) is 5. The Labute approximate surface area is 92.4 Å². The predicted molar refractivity (Wildman–Crippen MR) is 60.1 cm³/mol. The summed E-state index contributed by atoms with van der Waals surface area (Å²) in [6, 6.07) is 1.40. The molecule has 2 aromatic rings. The van der Waals surface area contributed by atoms with Gasteiger partial charge in [-0.2, -0.15) is 0 Å². The van der Waals surface area contributed by atoms with Gasteiger partial charge in [-0.05, 0) is 13.0 Å². The Morgan fingerprint density at radius 1 is 1.50 bits per heavy atom. The molecule has 2 heterocycles. The summed E-state index contributed by atoms with van der Waals surface area (Å²) in [5.41, 5.74) is 0.722. The summed E-state index contributed by atoms with van der Waals surface area (Å²) in [5.74, 6) is 0.603. The highest BCUT2D eigenvalue weighted by Crippen LogP contribution is 2.18. The van der Waals surface area contributed by atoms with Crippen LogP contribution in [0, 0.1) is 0 Å². The van der Waals surface area contributed by atoms with E-state index in [2.05, 4.69) is 20.3 Å². The summed E-state index contributed by atoms with van der Waals surface area (Å²) < 4.78 is 0. The highest BCUT2D eigenvalue weighted by Gasteiger charge is 2.15. The van der Waals surface area contributed by atoms with E-state index in [0.717, 1.165) is 11.0 Å². The maximum Gasteiger partial charge on any atom is 0.142 e. The van der Waals surface area contributed by atoms with Crippen molar-refractivity contribution in [1.29, 1.82) is 0 Å². The summed E-state index contributed by atoms with van der Waals surface area (Å²) in [7, 11) is 0. The number of rotatable bonds is 4. The average molecular weight is 222 g/mol. The second-order valence-electron chi connectivity index (χ2n) is 3.64. The van der Waals surface area contributed by atoms with Gasteiger partial charge >= 0.3 is 0 Å². The van der Waals surface area contributed by atoms with E-state index in [-0.39, 0.29) is 6.61 Å². The Morgan fingerprint density at radius 3 is 3.00 bits per heavy atom. The molecule has 86 valence electrons. The van der Waals surface area contributed by atoms with E-state index in [1.165, 1.54) is 6.33 Å². The molecule has 2 atom stereocenters. The fourth-order valence-electron chi connectivity index (χ4n) is 1.48. The molecule has 16 heavy (non-hydrogen) atoms. The number of H-pyrrole nitrogens is 1. The van der Waals surface area contributed by atoms with E-state index in [4.69, 9.17) is 5.11 Å². The van der Waals surface area contributed by atoms with Gasteiger partial charge in [-0.15, -0.1) is 0 Å². The minimum absolute atomic E-state index is 0.159. The highest BCUT2D eigenvalue weighted by molar-refractivity contribution is 5.86. The minimum atomic E-state index is -0.658. The quantitative estimate of drug-likeness (QED) is 0.589. The van der Waals surface area contributed by atoms with E-state index >= 15 is 0 Å². The molecular weight excluding hydrogens is 208 g/mol. The first-order chi connectivity index (χ1) is 7.72. The lowest BCUT2D eigenvalue weighted by atomic mass is 10.2. The lowest BCUT2D eigenvalue weighted by Crippen LogP contribution is -2.35. The van der Waals surface area contributed by atoms with Crippen molar-refractivity contribution in [3.63, 3.8) is 0 Å². The van der Waals surface area contributed by atoms with Crippen molar-refractivity contribution in [2.75, 3.05) is 11.9 Å². The van der Waals surface area contributed by atoms with Crippen LogP contribution in [0.25, 0.3) is 11.0 Å². The van der Waals surface area contributed by atoms with Crippen LogP contribution < -0.4 is 5.32 Å². The molecule has 0 fully saturated rings. The predicted octanol–water partition coefficient (Wildman–Crippen LogP) is 0.111. The Morgan fingerprint density at radius 2 is 2.31 bits per heavy atom. The van der Waals surface area contributed by atoms with Crippen LogP contribution in [0.2, 0.25) is 0 Å². The third kappa shape index (κ3) is 1.98. The molecule has 2 aromatic heterocycles. The Hall–Kier alpha value is -1.66. The highest BCUT2D eigenvalue weighted by atomic mass is 16.3. The molecule has 0 aliphatic heterocycles. The average Bonchev–Trinajstić information content (AvgIpc) is 2.73. The van der Waals surface area contributed by atoms with Gasteiger partial charge in [0.2, 0.25) is 0 Å². The van der Waals surface area contributed by atoms with Crippen molar-refractivity contribution < 1.29 is 10.2 Å². The van der Waals surface area contributed by atoms with E-state index in [0.29, 0.717) is 5.82 Å². The molecule has 0 amide bonds. The molecule has 6 nitrogen and oxygen atoms in total. The van der Waals surface area contributed by atoms with Gasteiger partial charge in [0, 0.05) is 6.20 Å². The maximum atomic E-state index is 9.42. The lowest BCUT2D eigenvalue weighted by Gasteiger charge is -2.19. The third-order valence-electron chi connectivity index (χ3n) is 2.46. The molecule has 4 N–H and O–H groups in total. The van der Waals surface area contributed by atoms with Crippen LogP contribution in [-0.2, 0) is 0 Å². The Bertz CT molecular complexity index is 469. The molecule has 0 saturated heterocycles. The number of nitrogens with zero attached hydrogens (tertiary/aromatic N) is 2. The van der Waals surface area contributed by atoms with Crippen LogP contribution in [0.1, 0.15) is 6.92 Å². The Kier molecular flexibility index (Phi) is 3.02. The molecule has 0 aromatic carbocycles.